The molecule has 5 rings (SSSR count). The molecule has 60 heavy (non-hydrogen) atoms. The van der Waals surface area contributed by atoms with Gasteiger partial charge in [0.2, 0.25) is 0 Å². The van der Waals surface area contributed by atoms with Crippen LogP contribution < -0.4 is 41.9 Å². The van der Waals surface area contributed by atoms with Gasteiger partial charge < -0.3 is 46.6 Å². The molecular formula is C50H70N4O6. The van der Waals surface area contributed by atoms with Crippen LogP contribution in [0.25, 0.3) is 0 Å². The van der Waals surface area contributed by atoms with Gasteiger partial charge in [-0.25, -0.2) is 0 Å². The van der Waals surface area contributed by atoms with Crippen LogP contribution in [-0.4, -0.2) is 39.0 Å². The number of ether oxygens (including phenoxy) is 5. The first-order valence-corrected chi connectivity index (χ1v) is 22.5. The van der Waals surface area contributed by atoms with Crippen molar-refractivity contribution in [1.82, 2.24) is 0 Å². The monoisotopic (exact) mass is 823 g/mol. The summed E-state index contributed by atoms with van der Waals surface area (Å²) in [5, 5.41) is 0. The van der Waals surface area contributed by atoms with Crippen LogP contribution >= 0.6 is 0 Å². The van der Waals surface area contributed by atoms with Crippen molar-refractivity contribution in [2.75, 3.05) is 56.0 Å². The predicted molar refractivity (Wildman–Crippen MR) is 246 cm³/mol. The van der Waals surface area contributed by atoms with Gasteiger partial charge in [0.15, 0.2) is 0 Å². The van der Waals surface area contributed by atoms with Crippen molar-refractivity contribution in [1.29, 1.82) is 0 Å². The Morgan fingerprint density at radius 1 is 0.417 bits per heavy atom. The summed E-state index contributed by atoms with van der Waals surface area (Å²) in [5.41, 5.74) is 37.2. The molecule has 0 heterocycles. The molecule has 0 radical (unpaired) electrons. The molecule has 0 saturated heterocycles. The second-order valence-electron chi connectivity index (χ2n) is 16.2. The van der Waals surface area contributed by atoms with Crippen LogP contribution in [0.4, 0.5) is 22.7 Å². The fourth-order valence-electron chi connectivity index (χ4n) is 8.19. The molecule has 0 spiro atoms. The van der Waals surface area contributed by atoms with E-state index in [9.17, 15) is 4.79 Å². The number of nitrogens with two attached hydrogens (primary N) is 4. The third-order valence-corrected chi connectivity index (χ3v) is 10.8. The molecule has 10 nitrogen and oxygen atoms in total. The number of rotatable bonds is 22. The van der Waals surface area contributed by atoms with E-state index in [-0.39, 0.29) is 5.97 Å². The Hall–Kier alpha value is -5.25. The summed E-state index contributed by atoms with van der Waals surface area (Å²) in [7, 11) is 0. The summed E-state index contributed by atoms with van der Waals surface area (Å²) in [6, 6.07) is 16.1. The number of carbonyl (C=O) groups is 1. The highest BCUT2D eigenvalue weighted by Gasteiger charge is 2.24. The quantitative estimate of drug-likeness (QED) is 0.0300. The molecule has 0 aliphatic heterocycles. The van der Waals surface area contributed by atoms with Crippen LogP contribution in [0.1, 0.15) is 149 Å². The van der Waals surface area contributed by atoms with Crippen molar-refractivity contribution in [2.45, 2.75) is 130 Å². The number of esters is 1. The number of anilines is 4. The maximum Gasteiger partial charge on any atom is 0.305 e. The molecule has 0 saturated carbocycles. The lowest BCUT2D eigenvalue weighted by molar-refractivity contribution is -0.143. The Morgan fingerprint density at radius 2 is 0.683 bits per heavy atom. The fraction of sp³-hybridized carbons (Fsp3) is 0.500. The molecule has 0 atom stereocenters. The van der Waals surface area contributed by atoms with Crippen LogP contribution in [-0.2, 0) is 35.2 Å². The van der Waals surface area contributed by atoms with Gasteiger partial charge >= 0.3 is 5.97 Å². The minimum Gasteiger partial charge on any atom is -0.493 e. The van der Waals surface area contributed by atoms with Gasteiger partial charge in [-0.05, 0) is 87.6 Å². The fourth-order valence-corrected chi connectivity index (χ4v) is 8.19. The van der Waals surface area contributed by atoms with E-state index >= 15 is 0 Å². The molecule has 8 bridgehead atoms. The van der Waals surface area contributed by atoms with E-state index in [4.69, 9.17) is 46.6 Å². The van der Waals surface area contributed by atoms with Crippen LogP contribution in [0.15, 0.2) is 48.5 Å². The largest absolute Gasteiger partial charge is 0.493 e. The van der Waals surface area contributed by atoms with Crippen molar-refractivity contribution in [3.8, 4) is 23.0 Å². The number of nitrogen functional groups attached to an aromatic ring is 4. The van der Waals surface area contributed by atoms with Crippen molar-refractivity contribution >= 4 is 28.7 Å². The van der Waals surface area contributed by atoms with Gasteiger partial charge in [0.25, 0.3) is 0 Å². The molecule has 1 aliphatic carbocycles. The van der Waals surface area contributed by atoms with Crippen molar-refractivity contribution in [3.05, 3.63) is 93.0 Å². The van der Waals surface area contributed by atoms with E-state index in [1.54, 1.807) is 0 Å². The van der Waals surface area contributed by atoms with E-state index in [1.165, 1.54) is 0 Å². The SMILES string of the molecule is CCCOc1c2cc(N)cc1Cc1cc(N)cc(c1OCCC)Cc1cc(N)cc(c1OCCCCCCCCCCC(=O)OCC)Cc1cc(N)cc(c1OCCC)C2. The number of carbonyl (C=O) groups excluding carboxylic acids is 1. The van der Waals surface area contributed by atoms with Crippen molar-refractivity contribution in [2.24, 2.45) is 0 Å². The first-order chi connectivity index (χ1) is 29.1. The van der Waals surface area contributed by atoms with E-state index in [2.05, 4.69) is 20.8 Å². The van der Waals surface area contributed by atoms with Gasteiger partial charge in [0, 0.05) is 99.4 Å². The highest BCUT2D eigenvalue weighted by molar-refractivity contribution is 5.69. The topological polar surface area (TPSA) is 167 Å². The first-order valence-electron chi connectivity index (χ1n) is 22.5. The molecular weight excluding hydrogens is 753 g/mol. The van der Waals surface area contributed by atoms with E-state index in [0.29, 0.717) is 87.9 Å². The van der Waals surface area contributed by atoms with Gasteiger partial charge in [-0.15, -0.1) is 0 Å². The zero-order valence-electron chi connectivity index (χ0n) is 36.7. The number of benzene rings is 4. The molecule has 10 heteroatoms. The average Bonchev–Trinajstić information content (AvgIpc) is 3.19. The Balaban J connectivity index is 1.53. The van der Waals surface area contributed by atoms with Gasteiger partial charge in [0.1, 0.15) is 23.0 Å². The summed E-state index contributed by atoms with van der Waals surface area (Å²) < 4.78 is 31.7. The molecule has 0 amide bonds. The molecule has 0 unspecified atom stereocenters. The zero-order valence-corrected chi connectivity index (χ0v) is 36.7. The Kier molecular flexibility index (Phi) is 18.0. The minimum atomic E-state index is -0.0935. The van der Waals surface area contributed by atoms with Gasteiger partial charge in [-0.1, -0.05) is 59.3 Å². The number of hydrogen-bond acceptors (Lipinski definition) is 10. The number of hydrogen-bond donors (Lipinski definition) is 4. The van der Waals surface area contributed by atoms with Gasteiger partial charge in [-0.2, -0.15) is 0 Å². The Labute approximate surface area is 358 Å². The minimum absolute atomic E-state index is 0.0935. The predicted octanol–water partition coefficient (Wildman–Crippen LogP) is 10.5. The van der Waals surface area contributed by atoms with Crippen LogP contribution in [0.3, 0.4) is 0 Å². The highest BCUT2D eigenvalue weighted by atomic mass is 16.5. The summed E-state index contributed by atoms with van der Waals surface area (Å²) >= 11 is 0. The lowest BCUT2D eigenvalue weighted by Crippen LogP contribution is -2.11. The summed E-state index contributed by atoms with van der Waals surface area (Å²) in [4.78, 5) is 11.6. The average molecular weight is 823 g/mol. The maximum atomic E-state index is 11.6. The van der Waals surface area contributed by atoms with Crippen molar-refractivity contribution in [3.63, 3.8) is 0 Å². The van der Waals surface area contributed by atoms with E-state index in [0.717, 1.165) is 138 Å². The molecule has 0 fully saturated rings. The molecule has 1 aliphatic rings. The van der Waals surface area contributed by atoms with Crippen molar-refractivity contribution < 1.29 is 28.5 Å². The lowest BCUT2D eigenvalue weighted by atomic mass is 9.90. The van der Waals surface area contributed by atoms with E-state index < -0.39 is 0 Å². The smallest absolute Gasteiger partial charge is 0.305 e. The third kappa shape index (κ3) is 13.1. The standard InChI is InChI=1S/C50H70N4O6/c1-5-18-57-47-34-22-36-28-43(52)30-38(48(36)58-19-6-2)24-40-32-45(54)33-41(50(40)60-21-16-14-12-10-9-11-13-15-17-46(55)56-8-4)25-39-31-44(53)29-37(49(39)59-20-7-3)23-35(47)27-42(51)26-34/h26-33H,5-25,51-54H2,1-4H3. The number of unbranched alkanes of at least 4 members (excludes halogenated alkanes) is 7. The molecule has 4 aromatic carbocycles. The second-order valence-corrected chi connectivity index (χ2v) is 16.2. The van der Waals surface area contributed by atoms with Crippen LogP contribution in [0.5, 0.6) is 23.0 Å². The molecule has 0 aromatic heterocycles. The normalized spacial score (nSPS) is 12.2. The van der Waals surface area contributed by atoms with Crippen LogP contribution in [0, 0.1) is 0 Å². The molecule has 326 valence electrons. The number of fused-ring (bicyclic) bond motifs is 8. The van der Waals surface area contributed by atoms with Gasteiger partial charge in [0.05, 0.1) is 33.0 Å². The van der Waals surface area contributed by atoms with E-state index in [1.807, 2.05) is 55.5 Å². The van der Waals surface area contributed by atoms with Crippen LogP contribution in [0.2, 0.25) is 0 Å². The summed E-state index contributed by atoms with van der Waals surface area (Å²) in [5.74, 6) is 3.17. The maximum absolute atomic E-state index is 11.6. The van der Waals surface area contributed by atoms with Gasteiger partial charge in [-0.3, -0.25) is 4.79 Å². The first kappa shape index (κ1) is 45.8. The highest BCUT2D eigenvalue weighted by Crippen LogP contribution is 2.42. The lowest BCUT2D eigenvalue weighted by Gasteiger charge is -2.24. The Morgan fingerprint density at radius 3 is 0.967 bits per heavy atom. The zero-order chi connectivity index (χ0) is 42.9. The summed E-state index contributed by atoms with van der Waals surface area (Å²) in [6.45, 7) is 10.9. The molecule has 4 aromatic rings. The third-order valence-electron chi connectivity index (χ3n) is 10.8. The molecule has 8 N–H and O–H groups in total. The Bertz CT molecular complexity index is 1900. The second kappa shape index (κ2) is 23.5. The summed E-state index contributed by atoms with van der Waals surface area (Å²) in [6.07, 6.45) is 13.6.